The van der Waals surface area contributed by atoms with Crippen LogP contribution in [0.15, 0.2) is 36.4 Å². The maximum absolute atomic E-state index is 13.8. The normalized spacial score (nSPS) is 34.3. The highest BCUT2D eigenvalue weighted by Crippen LogP contribution is 2.57. The molecule has 0 radical (unpaired) electrons. The highest BCUT2D eigenvalue weighted by Gasteiger charge is 2.74. The molecule has 0 unspecified atom stereocenters. The van der Waals surface area contributed by atoms with Crippen LogP contribution in [0.25, 0.3) is 0 Å². The maximum Gasteiger partial charge on any atom is 0.246 e. The largest absolute Gasteiger partial charge is 0.497 e. The summed E-state index contributed by atoms with van der Waals surface area (Å²) in [6.07, 6.45) is 10.3. The molecule has 2 saturated carbocycles. The fourth-order valence-corrected chi connectivity index (χ4v) is 6.41. The predicted molar refractivity (Wildman–Crippen MR) is 124 cm³/mol. The minimum Gasteiger partial charge on any atom is -0.497 e. The number of hydrogen-bond acceptors (Lipinski definition) is 5. The molecule has 0 aromatic heterocycles. The van der Waals surface area contributed by atoms with E-state index < -0.39 is 29.6 Å². The molecular formula is C26H31N3O5. The molecule has 2 N–H and O–H groups in total. The first kappa shape index (κ1) is 21.6. The molecule has 5 aliphatic rings. The highest BCUT2D eigenvalue weighted by atomic mass is 16.5. The van der Waals surface area contributed by atoms with E-state index in [1.54, 1.807) is 36.3 Å². The van der Waals surface area contributed by atoms with Gasteiger partial charge >= 0.3 is 0 Å². The van der Waals surface area contributed by atoms with Gasteiger partial charge in [0.15, 0.2) is 0 Å². The molecule has 180 valence electrons. The monoisotopic (exact) mass is 465 g/mol. The van der Waals surface area contributed by atoms with Gasteiger partial charge in [-0.25, -0.2) is 0 Å². The predicted octanol–water partition coefficient (Wildman–Crippen LogP) is 2.40. The minimum atomic E-state index is -1.08. The summed E-state index contributed by atoms with van der Waals surface area (Å²) in [7, 11) is 1.57. The molecule has 3 aliphatic heterocycles. The summed E-state index contributed by atoms with van der Waals surface area (Å²) in [6.45, 7) is 0. The van der Waals surface area contributed by atoms with Crippen molar-refractivity contribution in [1.29, 1.82) is 0 Å². The molecule has 8 nitrogen and oxygen atoms in total. The quantitative estimate of drug-likeness (QED) is 0.629. The van der Waals surface area contributed by atoms with E-state index in [4.69, 9.17) is 9.47 Å². The third-order valence-electron chi connectivity index (χ3n) is 8.09. The lowest BCUT2D eigenvalue weighted by molar-refractivity contribution is -0.142. The van der Waals surface area contributed by atoms with E-state index in [0.717, 1.165) is 38.5 Å². The van der Waals surface area contributed by atoms with Crippen molar-refractivity contribution in [2.24, 2.45) is 11.8 Å². The maximum atomic E-state index is 13.8. The summed E-state index contributed by atoms with van der Waals surface area (Å²) in [5, 5.41) is 6.16. The van der Waals surface area contributed by atoms with E-state index >= 15 is 0 Å². The Bertz CT molecular complexity index is 1050. The lowest BCUT2D eigenvalue weighted by atomic mass is 9.74. The molecule has 2 saturated heterocycles. The third kappa shape index (κ3) is 3.34. The Labute approximate surface area is 199 Å². The van der Waals surface area contributed by atoms with Crippen molar-refractivity contribution in [2.45, 2.75) is 74.8 Å². The molecule has 1 aromatic carbocycles. The lowest BCUT2D eigenvalue weighted by Gasteiger charge is -2.34. The van der Waals surface area contributed by atoms with Crippen LogP contribution in [-0.4, -0.2) is 59.6 Å². The number of benzene rings is 1. The minimum absolute atomic E-state index is 0.0488. The Morgan fingerprint density at radius 3 is 2.65 bits per heavy atom. The van der Waals surface area contributed by atoms with Crippen LogP contribution in [0.1, 0.15) is 44.9 Å². The number of carbonyl (C=O) groups excluding carboxylic acids is 3. The molecule has 4 fully saturated rings. The first-order chi connectivity index (χ1) is 16.5. The van der Waals surface area contributed by atoms with Crippen molar-refractivity contribution in [3.8, 4) is 5.75 Å². The van der Waals surface area contributed by atoms with Crippen LogP contribution in [0.2, 0.25) is 0 Å². The molecule has 8 heteroatoms. The number of likely N-dealkylation sites (tertiary alicyclic amines) is 1. The first-order valence-corrected chi connectivity index (χ1v) is 12.5. The van der Waals surface area contributed by atoms with Crippen molar-refractivity contribution in [1.82, 2.24) is 10.2 Å². The van der Waals surface area contributed by atoms with Crippen LogP contribution in [0.3, 0.4) is 0 Å². The summed E-state index contributed by atoms with van der Waals surface area (Å²) >= 11 is 0. The molecule has 1 spiro atoms. The summed E-state index contributed by atoms with van der Waals surface area (Å²) in [5.41, 5.74) is -0.485. The zero-order valence-corrected chi connectivity index (χ0v) is 19.4. The van der Waals surface area contributed by atoms with E-state index in [2.05, 4.69) is 10.6 Å². The van der Waals surface area contributed by atoms with Crippen LogP contribution >= 0.6 is 0 Å². The second-order valence-corrected chi connectivity index (χ2v) is 10.2. The zero-order valence-electron chi connectivity index (χ0n) is 19.4. The van der Waals surface area contributed by atoms with Gasteiger partial charge in [0.25, 0.3) is 0 Å². The van der Waals surface area contributed by atoms with Crippen molar-refractivity contribution in [3.63, 3.8) is 0 Å². The Kier molecular flexibility index (Phi) is 5.17. The van der Waals surface area contributed by atoms with Gasteiger partial charge in [-0.1, -0.05) is 37.5 Å². The number of ether oxygens (including phenoxy) is 2. The van der Waals surface area contributed by atoms with Crippen molar-refractivity contribution >= 4 is 23.4 Å². The van der Waals surface area contributed by atoms with Gasteiger partial charge in [0.2, 0.25) is 17.7 Å². The van der Waals surface area contributed by atoms with Gasteiger partial charge in [-0.3, -0.25) is 14.4 Å². The summed E-state index contributed by atoms with van der Waals surface area (Å²) < 4.78 is 11.6. The van der Waals surface area contributed by atoms with Gasteiger partial charge in [-0.05, 0) is 37.8 Å². The number of anilines is 1. The number of methoxy groups -OCH3 is 1. The summed E-state index contributed by atoms with van der Waals surface area (Å²) in [5.74, 6) is -1.30. The Morgan fingerprint density at radius 1 is 1.12 bits per heavy atom. The molecule has 2 bridgehead atoms. The molecular weight excluding hydrogens is 434 g/mol. The van der Waals surface area contributed by atoms with Gasteiger partial charge < -0.3 is 25.0 Å². The van der Waals surface area contributed by atoms with Crippen LogP contribution in [0.4, 0.5) is 5.69 Å². The second-order valence-electron chi connectivity index (χ2n) is 10.2. The van der Waals surface area contributed by atoms with E-state index in [1.165, 1.54) is 6.42 Å². The molecule has 3 amide bonds. The van der Waals surface area contributed by atoms with E-state index in [-0.39, 0.29) is 29.8 Å². The van der Waals surface area contributed by atoms with Crippen molar-refractivity contribution < 1.29 is 23.9 Å². The Morgan fingerprint density at radius 2 is 1.91 bits per heavy atom. The third-order valence-corrected chi connectivity index (χ3v) is 8.09. The Balaban J connectivity index is 1.28. The number of amides is 3. The number of carbonyl (C=O) groups is 3. The number of fused-ring (bicyclic) bond motifs is 1. The summed E-state index contributed by atoms with van der Waals surface area (Å²) in [6, 6.07) is 6.59. The molecule has 6 rings (SSSR count). The highest BCUT2D eigenvalue weighted by molar-refractivity contribution is 6.03. The molecule has 3 heterocycles. The second kappa shape index (κ2) is 8.12. The van der Waals surface area contributed by atoms with Crippen LogP contribution < -0.4 is 15.4 Å². The van der Waals surface area contributed by atoms with E-state index in [1.807, 2.05) is 12.2 Å². The van der Waals surface area contributed by atoms with Crippen LogP contribution in [0, 0.1) is 11.8 Å². The first-order valence-electron chi connectivity index (χ1n) is 12.5. The van der Waals surface area contributed by atoms with Gasteiger partial charge in [-0.2, -0.15) is 0 Å². The Hall–Kier alpha value is -2.87. The fraction of sp³-hybridized carbons (Fsp3) is 0.577. The number of nitrogens with zero attached hydrogens (tertiary/aromatic N) is 1. The van der Waals surface area contributed by atoms with Gasteiger partial charge in [0.05, 0.1) is 25.0 Å². The number of rotatable bonds is 6. The number of nitrogens with one attached hydrogen (secondary N) is 2. The fourth-order valence-electron chi connectivity index (χ4n) is 6.41. The standard InChI is InChI=1S/C26H31N3O5/c1-33-18-9-5-8-16(14-18)28-23(30)20-19-12-13-26(34-19)21(20)25(32)29(17-10-11-17)22(26)24(31)27-15-6-3-2-4-7-15/h5,8-9,12-15,17,19-22H,2-4,6-7,10-11H2,1H3,(H,27,31)(H,28,30)/t19-,20+,21-,22+,26-/m1/s1. The molecule has 1 aromatic rings. The van der Waals surface area contributed by atoms with Gasteiger partial charge in [-0.15, -0.1) is 0 Å². The van der Waals surface area contributed by atoms with Gasteiger partial charge in [0.1, 0.15) is 17.4 Å². The van der Waals surface area contributed by atoms with Crippen LogP contribution in [-0.2, 0) is 19.1 Å². The summed E-state index contributed by atoms with van der Waals surface area (Å²) in [4.78, 5) is 42.6. The number of hydrogen-bond donors (Lipinski definition) is 2. The van der Waals surface area contributed by atoms with Crippen molar-refractivity contribution in [2.75, 3.05) is 12.4 Å². The molecule has 5 atom stereocenters. The smallest absolute Gasteiger partial charge is 0.246 e. The van der Waals surface area contributed by atoms with Crippen LogP contribution in [0.5, 0.6) is 5.75 Å². The van der Waals surface area contributed by atoms with Crippen molar-refractivity contribution in [3.05, 3.63) is 36.4 Å². The average molecular weight is 466 g/mol. The van der Waals surface area contributed by atoms with Gasteiger partial charge in [0, 0.05) is 23.8 Å². The SMILES string of the molecule is COc1cccc(NC(=O)[C@H]2[C@H]3C=C[C@]4(O3)[C@H](C(=O)NC3CCCCC3)N(C3CC3)C(=O)[C@@H]24)c1. The lowest BCUT2D eigenvalue weighted by Crippen LogP contribution is -2.57. The zero-order chi connectivity index (χ0) is 23.4. The van der Waals surface area contributed by atoms with E-state index in [0.29, 0.717) is 11.4 Å². The molecule has 34 heavy (non-hydrogen) atoms. The topological polar surface area (TPSA) is 97.0 Å². The average Bonchev–Trinajstić information content (AvgIpc) is 3.44. The molecule has 2 aliphatic carbocycles. The van der Waals surface area contributed by atoms with E-state index in [9.17, 15) is 14.4 Å².